The zero-order valence-electron chi connectivity index (χ0n) is 24.8. The van der Waals surface area contributed by atoms with Crippen molar-refractivity contribution in [3.8, 4) is 22.9 Å². The molecule has 232 valence electrons. The summed E-state index contributed by atoms with van der Waals surface area (Å²) < 4.78 is 19.4. The third kappa shape index (κ3) is 7.06. The number of amides is 3. The van der Waals surface area contributed by atoms with Gasteiger partial charge in [-0.05, 0) is 53.9 Å². The van der Waals surface area contributed by atoms with Crippen molar-refractivity contribution in [2.75, 3.05) is 26.8 Å². The molecule has 0 aliphatic carbocycles. The van der Waals surface area contributed by atoms with Gasteiger partial charge in [-0.2, -0.15) is 0 Å². The van der Waals surface area contributed by atoms with Gasteiger partial charge >= 0.3 is 0 Å². The predicted octanol–water partition coefficient (Wildman–Crippen LogP) is 2.70. The van der Waals surface area contributed by atoms with Gasteiger partial charge in [0.25, 0.3) is 11.8 Å². The standard InChI is InChI=1S/C33H34N6O6/c1-43-30-16-22-8-12-29(30)44-19-32(41)37-26-18-38(33(42)25-4-2-3-5-27(25)39-20-35-36-21-39)15-14-28(26)45-24-10-6-23(7-11-24)17-34-31(40)13-9-22/h2-8,10-12,16,20-21,26,28H,9,13-15,17-19H2,1H3,(H,34,40)(H,37,41)/t26-,28-/m1/s1. The van der Waals surface area contributed by atoms with E-state index >= 15 is 0 Å². The topological polar surface area (TPSA) is 137 Å². The van der Waals surface area contributed by atoms with Gasteiger partial charge in [-0.25, -0.2) is 0 Å². The Morgan fingerprint density at radius 3 is 2.53 bits per heavy atom. The van der Waals surface area contributed by atoms with Crippen molar-refractivity contribution in [3.63, 3.8) is 0 Å². The predicted molar refractivity (Wildman–Crippen MR) is 163 cm³/mol. The SMILES string of the molecule is COc1cc2ccc1OCC(=O)N[C@@H]1CN(C(=O)c3ccccc3-n3cnnc3)CC[C@H]1Oc1ccc(cc1)CNC(=O)CC2. The molecule has 6 heterocycles. The molecular formula is C33H34N6O6. The Labute approximate surface area is 260 Å². The summed E-state index contributed by atoms with van der Waals surface area (Å²) in [6.45, 7) is 0.788. The van der Waals surface area contributed by atoms with Crippen molar-refractivity contribution in [2.45, 2.75) is 38.0 Å². The molecule has 3 amide bonds. The van der Waals surface area contributed by atoms with Gasteiger partial charge in [0, 0.05) is 32.5 Å². The van der Waals surface area contributed by atoms with Crippen LogP contribution in [0.5, 0.6) is 17.2 Å². The number of rotatable bonds is 3. The lowest BCUT2D eigenvalue weighted by molar-refractivity contribution is -0.125. The van der Waals surface area contributed by atoms with Gasteiger partial charge in [0.2, 0.25) is 5.91 Å². The molecule has 9 rings (SSSR count). The Hall–Kier alpha value is -5.39. The third-order valence-electron chi connectivity index (χ3n) is 7.94. The van der Waals surface area contributed by atoms with E-state index in [4.69, 9.17) is 14.2 Å². The second-order valence-electron chi connectivity index (χ2n) is 11.0. The van der Waals surface area contributed by atoms with E-state index in [-0.39, 0.29) is 30.9 Å². The lowest BCUT2D eigenvalue weighted by Gasteiger charge is -2.39. The maximum Gasteiger partial charge on any atom is 0.258 e. The van der Waals surface area contributed by atoms with Gasteiger partial charge in [0.05, 0.1) is 24.4 Å². The number of carbonyl (C=O) groups is 3. The highest BCUT2D eigenvalue weighted by Gasteiger charge is 2.35. The van der Waals surface area contributed by atoms with Crippen molar-refractivity contribution in [1.82, 2.24) is 30.3 Å². The minimum absolute atomic E-state index is 0.0610. The molecule has 2 N–H and O–H groups in total. The fourth-order valence-corrected chi connectivity index (χ4v) is 5.56. The maximum absolute atomic E-state index is 13.8. The average molecular weight is 611 g/mol. The van der Waals surface area contributed by atoms with E-state index in [1.807, 2.05) is 54.6 Å². The van der Waals surface area contributed by atoms with Crippen LogP contribution in [0.3, 0.4) is 0 Å². The van der Waals surface area contributed by atoms with Crippen molar-refractivity contribution in [2.24, 2.45) is 0 Å². The molecule has 1 fully saturated rings. The molecule has 0 saturated carbocycles. The lowest BCUT2D eigenvalue weighted by atomic mass is 10.00. The van der Waals surface area contributed by atoms with Crippen LogP contribution in [0.25, 0.3) is 5.69 Å². The first-order chi connectivity index (χ1) is 22.0. The number of piperidine rings is 1. The molecule has 1 aromatic heterocycles. The highest BCUT2D eigenvalue weighted by Crippen LogP contribution is 2.29. The molecular weight excluding hydrogens is 576 g/mol. The third-order valence-corrected chi connectivity index (χ3v) is 7.94. The molecule has 45 heavy (non-hydrogen) atoms. The number of methoxy groups -OCH3 is 1. The van der Waals surface area contributed by atoms with Crippen molar-refractivity contribution < 1.29 is 28.6 Å². The molecule has 2 atom stereocenters. The summed E-state index contributed by atoms with van der Waals surface area (Å²) in [5.74, 6) is 0.910. The van der Waals surface area contributed by atoms with Crippen LogP contribution in [0, 0.1) is 0 Å². The monoisotopic (exact) mass is 610 g/mol. The fourth-order valence-electron chi connectivity index (χ4n) is 5.56. The lowest BCUT2D eigenvalue weighted by Crippen LogP contribution is -2.58. The van der Waals surface area contributed by atoms with Crippen LogP contribution in [0.15, 0.2) is 79.4 Å². The van der Waals surface area contributed by atoms with Crippen LogP contribution in [0.2, 0.25) is 0 Å². The fraction of sp³-hybridized carbons (Fsp3) is 0.303. The smallest absolute Gasteiger partial charge is 0.258 e. The number of carbonyl (C=O) groups excluding carboxylic acids is 3. The molecule has 5 aliphatic rings. The zero-order valence-corrected chi connectivity index (χ0v) is 24.8. The minimum atomic E-state index is -0.519. The largest absolute Gasteiger partial charge is 0.493 e. The molecule has 0 radical (unpaired) electrons. The molecule has 3 aromatic carbocycles. The van der Waals surface area contributed by atoms with Gasteiger partial charge in [0.1, 0.15) is 24.5 Å². The van der Waals surface area contributed by atoms with Gasteiger partial charge in [-0.3, -0.25) is 19.0 Å². The number of hydrogen-bond donors (Lipinski definition) is 2. The molecule has 5 aliphatic heterocycles. The Kier molecular flexibility index (Phi) is 8.90. The first-order valence-electron chi connectivity index (χ1n) is 14.8. The summed E-state index contributed by atoms with van der Waals surface area (Å²) in [6, 6.07) is 19.6. The average Bonchev–Trinajstić information content (AvgIpc) is 3.61. The Morgan fingerprint density at radius 2 is 1.73 bits per heavy atom. The summed E-state index contributed by atoms with van der Waals surface area (Å²) in [5, 5.41) is 13.8. The highest BCUT2D eigenvalue weighted by molar-refractivity contribution is 5.98. The van der Waals surface area contributed by atoms with Crippen LogP contribution in [0.4, 0.5) is 0 Å². The van der Waals surface area contributed by atoms with E-state index in [1.54, 1.807) is 34.3 Å². The van der Waals surface area contributed by atoms with Gasteiger partial charge < -0.3 is 29.7 Å². The van der Waals surface area contributed by atoms with Crippen LogP contribution in [-0.2, 0) is 22.6 Å². The van der Waals surface area contributed by atoms with Crippen LogP contribution < -0.4 is 24.8 Å². The number of para-hydroxylation sites is 1. The van der Waals surface area contributed by atoms with Crippen molar-refractivity contribution in [3.05, 3.63) is 96.1 Å². The van der Waals surface area contributed by atoms with E-state index in [9.17, 15) is 14.4 Å². The number of likely N-dealkylation sites (tertiary alicyclic amines) is 1. The summed E-state index contributed by atoms with van der Waals surface area (Å²) >= 11 is 0. The molecule has 12 nitrogen and oxygen atoms in total. The number of aromatic nitrogens is 3. The summed E-state index contributed by atoms with van der Waals surface area (Å²) in [5.41, 5.74) is 3.01. The van der Waals surface area contributed by atoms with Crippen LogP contribution >= 0.6 is 0 Å². The van der Waals surface area contributed by atoms with Gasteiger partial charge in [0.15, 0.2) is 18.1 Å². The second-order valence-corrected chi connectivity index (χ2v) is 11.0. The van der Waals surface area contributed by atoms with Crippen molar-refractivity contribution >= 4 is 17.7 Å². The van der Waals surface area contributed by atoms with Crippen LogP contribution in [0.1, 0.15) is 34.3 Å². The maximum atomic E-state index is 13.8. The molecule has 4 bridgehead atoms. The Balaban J connectivity index is 1.24. The van der Waals surface area contributed by atoms with E-state index in [0.29, 0.717) is 60.9 Å². The number of hydrogen-bond acceptors (Lipinski definition) is 8. The number of benzene rings is 3. The second kappa shape index (κ2) is 13.5. The van der Waals surface area contributed by atoms with Gasteiger partial charge in [-0.15, -0.1) is 10.2 Å². The quantitative estimate of drug-likeness (QED) is 0.362. The van der Waals surface area contributed by atoms with Gasteiger partial charge in [-0.1, -0.05) is 30.3 Å². The Morgan fingerprint density at radius 1 is 0.956 bits per heavy atom. The molecule has 1 saturated heterocycles. The number of nitrogens with one attached hydrogen (secondary N) is 2. The van der Waals surface area contributed by atoms with Crippen LogP contribution in [-0.4, -0.2) is 76.3 Å². The van der Waals surface area contributed by atoms with Crippen molar-refractivity contribution in [1.29, 1.82) is 0 Å². The van der Waals surface area contributed by atoms with E-state index in [2.05, 4.69) is 20.8 Å². The number of ether oxygens (including phenoxy) is 3. The molecule has 0 spiro atoms. The Bertz CT molecular complexity index is 1660. The van der Waals surface area contributed by atoms with E-state index < -0.39 is 12.1 Å². The number of nitrogens with zero attached hydrogens (tertiary/aromatic N) is 4. The number of aryl methyl sites for hydroxylation is 1. The first kappa shape index (κ1) is 29.7. The summed E-state index contributed by atoms with van der Waals surface area (Å²) in [7, 11) is 1.53. The molecule has 4 aromatic rings. The molecule has 12 heteroatoms. The zero-order chi connectivity index (χ0) is 31.2. The highest BCUT2D eigenvalue weighted by atomic mass is 16.5. The van der Waals surface area contributed by atoms with E-state index in [0.717, 1.165) is 11.1 Å². The summed E-state index contributed by atoms with van der Waals surface area (Å²) in [4.78, 5) is 41.3. The molecule has 0 unspecified atom stereocenters. The first-order valence-corrected chi connectivity index (χ1v) is 14.8. The normalized spacial score (nSPS) is 19.0. The minimum Gasteiger partial charge on any atom is -0.493 e. The van der Waals surface area contributed by atoms with E-state index in [1.165, 1.54) is 7.11 Å². The summed E-state index contributed by atoms with van der Waals surface area (Å²) in [6.07, 6.45) is 4.02.